The summed E-state index contributed by atoms with van der Waals surface area (Å²) in [7, 11) is 0. The third kappa shape index (κ3) is 5.83. The van der Waals surface area contributed by atoms with Crippen LogP contribution in [-0.2, 0) is 29.0 Å². The van der Waals surface area contributed by atoms with Crippen LogP contribution in [0.4, 0.5) is 5.69 Å². The predicted molar refractivity (Wildman–Crippen MR) is 139 cm³/mol. The van der Waals surface area contributed by atoms with Crippen molar-refractivity contribution in [3.05, 3.63) is 72.2 Å². The van der Waals surface area contributed by atoms with Gasteiger partial charge in [0.25, 0.3) is 0 Å². The first-order valence-electron chi connectivity index (χ1n) is 11.1. The summed E-state index contributed by atoms with van der Waals surface area (Å²) in [5.41, 5.74) is 8.78. The lowest BCUT2D eigenvalue weighted by Crippen LogP contribution is -2.41. The molecule has 1 amide bonds. The van der Waals surface area contributed by atoms with Gasteiger partial charge in [-0.05, 0) is 60.6 Å². The van der Waals surface area contributed by atoms with E-state index < -0.39 is 23.1 Å². The summed E-state index contributed by atoms with van der Waals surface area (Å²) in [5.74, 6) is -1.16. The Labute approximate surface area is 215 Å². The smallest absolute Gasteiger partial charge is 0.317 e. The number of benzene rings is 2. The minimum atomic E-state index is -0.875. The number of hydrogen-bond acceptors (Lipinski definition) is 5. The average Bonchev–Trinajstić information content (AvgIpc) is 2.78. The number of carboxylic acid groups (broad SMARTS) is 1. The maximum absolute atomic E-state index is 13.0. The minimum Gasteiger partial charge on any atom is -0.481 e. The number of H-pyrrole nitrogens is 1. The third-order valence-electron chi connectivity index (χ3n) is 6.11. The lowest BCUT2D eigenvalue weighted by atomic mass is 9.96. The number of anilines is 1. The van der Waals surface area contributed by atoms with E-state index in [9.17, 15) is 19.2 Å². The number of rotatable bonds is 8. The third-order valence-corrected chi connectivity index (χ3v) is 6.56. The zero-order valence-corrected chi connectivity index (χ0v) is 21.2. The Morgan fingerprint density at radius 1 is 1.23 bits per heavy atom. The number of aliphatic carboxylic acids is 1. The van der Waals surface area contributed by atoms with Crippen molar-refractivity contribution in [3.63, 3.8) is 0 Å². The highest BCUT2D eigenvalue weighted by molar-refractivity contribution is 9.10. The fourth-order valence-electron chi connectivity index (χ4n) is 4.55. The first-order chi connectivity index (χ1) is 16.3. The van der Waals surface area contributed by atoms with Crippen LogP contribution in [0.15, 0.2) is 44.4 Å². The standard InChI is InChI=1S/C24H25BrN4O5.ClH/c25-16-9-15-5-6-17(29-22(15)19(10-16)28-23(33)24(29)34)11-20(30)27-18-7-4-13(12-26)8-14(18)2-1-3-21(31)32;/h4,7-10,17H,1-3,5-6,11-12,26H2,(H,27,30)(H,28,33)(H,31,32);1H/t17-;/m0./s1. The summed E-state index contributed by atoms with van der Waals surface area (Å²) in [6, 6.07) is 8.68. The molecule has 1 atom stereocenters. The van der Waals surface area contributed by atoms with Crippen molar-refractivity contribution in [1.29, 1.82) is 0 Å². The molecule has 0 fully saturated rings. The Hall–Kier alpha value is -2.95. The van der Waals surface area contributed by atoms with E-state index in [-0.39, 0.29) is 31.2 Å². The van der Waals surface area contributed by atoms with E-state index in [0.717, 1.165) is 21.2 Å². The number of aromatic nitrogens is 2. The number of nitrogens with two attached hydrogens (primary N) is 1. The molecule has 2 heterocycles. The zero-order valence-electron chi connectivity index (χ0n) is 18.8. The summed E-state index contributed by atoms with van der Waals surface area (Å²) in [5, 5.41) is 11.8. The van der Waals surface area contributed by atoms with Gasteiger partial charge in [-0.15, -0.1) is 12.4 Å². The van der Waals surface area contributed by atoms with E-state index in [2.05, 4.69) is 26.2 Å². The van der Waals surface area contributed by atoms with Crippen LogP contribution in [0.2, 0.25) is 0 Å². The number of aryl methyl sites for hydroxylation is 2. The summed E-state index contributed by atoms with van der Waals surface area (Å²) < 4.78 is 2.26. The van der Waals surface area contributed by atoms with Gasteiger partial charge in [-0.25, -0.2) is 0 Å². The molecule has 3 aromatic rings. The Bertz CT molecular complexity index is 1400. The number of carboxylic acids is 1. The molecule has 11 heteroatoms. The molecule has 0 unspecified atom stereocenters. The van der Waals surface area contributed by atoms with E-state index in [1.165, 1.54) is 4.57 Å². The number of amides is 1. The largest absolute Gasteiger partial charge is 0.481 e. The number of halogens is 2. The molecule has 0 bridgehead atoms. The number of aromatic amines is 1. The Kier molecular flexibility index (Phi) is 8.52. The number of carbonyl (C=O) groups is 2. The highest BCUT2D eigenvalue weighted by Crippen LogP contribution is 2.32. The van der Waals surface area contributed by atoms with Gasteiger partial charge in [-0.1, -0.05) is 28.1 Å². The van der Waals surface area contributed by atoms with Gasteiger partial charge >= 0.3 is 17.1 Å². The van der Waals surface area contributed by atoms with E-state index in [1.807, 2.05) is 18.2 Å². The maximum atomic E-state index is 13.0. The van der Waals surface area contributed by atoms with Gasteiger partial charge in [-0.2, -0.15) is 0 Å². The van der Waals surface area contributed by atoms with Gasteiger partial charge < -0.3 is 21.1 Å². The van der Waals surface area contributed by atoms with Crippen molar-refractivity contribution < 1.29 is 14.7 Å². The first kappa shape index (κ1) is 26.7. The van der Waals surface area contributed by atoms with Crippen LogP contribution in [-0.4, -0.2) is 26.5 Å². The Balaban J connectivity index is 0.00000342. The molecular weight excluding hydrogens is 540 g/mol. The molecule has 1 aromatic heterocycles. The molecule has 0 saturated heterocycles. The van der Waals surface area contributed by atoms with Crippen LogP contribution >= 0.6 is 28.3 Å². The number of nitrogens with zero attached hydrogens (tertiary/aromatic N) is 1. The van der Waals surface area contributed by atoms with Crippen LogP contribution in [0.3, 0.4) is 0 Å². The molecule has 186 valence electrons. The van der Waals surface area contributed by atoms with Gasteiger partial charge in [0.2, 0.25) is 5.91 Å². The Morgan fingerprint density at radius 3 is 2.71 bits per heavy atom. The maximum Gasteiger partial charge on any atom is 0.317 e. The topological polar surface area (TPSA) is 147 Å². The number of nitrogens with one attached hydrogen (secondary N) is 2. The van der Waals surface area contributed by atoms with E-state index in [4.69, 9.17) is 10.8 Å². The zero-order chi connectivity index (χ0) is 24.4. The molecular formula is C24H26BrClN4O5. The Morgan fingerprint density at radius 2 is 2.00 bits per heavy atom. The van der Waals surface area contributed by atoms with Crippen molar-refractivity contribution in [1.82, 2.24) is 9.55 Å². The highest BCUT2D eigenvalue weighted by Gasteiger charge is 2.26. The average molecular weight is 566 g/mol. The van der Waals surface area contributed by atoms with Crippen molar-refractivity contribution in [2.75, 3.05) is 5.32 Å². The van der Waals surface area contributed by atoms with E-state index >= 15 is 0 Å². The van der Waals surface area contributed by atoms with E-state index in [0.29, 0.717) is 48.9 Å². The molecule has 1 aliphatic rings. The SMILES string of the molecule is Cl.NCc1ccc(NC(=O)C[C@@H]2CCc3cc(Br)cc4[nH]c(=O)c(=O)n2c34)c(CCCC(=O)O)c1. The molecule has 0 spiro atoms. The number of hydrogen-bond donors (Lipinski definition) is 4. The van der Waals surface area contributed by atoms with Gasteiger partial charge in [0.05, 0.1) is 11.0 Å². The fraction of sp³-hybridized carbons (Fsp3) is 0.333. The molecule has 1 aliphatic heterocycles. The van der Waals surface area contributed by atoms with Crippen molar-refractivity contribution >= 4 is 56.9 Å². The summed E-state index contributed by atoms with van der Waals surface area (Å²) in [4.78, 5) is 51.6. The second-order valence-corrected chi connectivity index (χ2v) is 9.39. The molecule has 35 heavy (non-hydrogen) atoms. The second-order valence-electron chi connectivity index (χ2n) is 8.48. The highest BCUT2D eigenvalue weighted by atomic mass is 79.9. The van der Waals surface area contributed by atoms with Crippen molar-refractivity contribution in [2.45, 2.75) is 51.1 Å². The number of carbonyl (C=O) groups excluding carboxylic acids is 1. The monoisotopic (exact) mass is 564 g/mol. The molecule has 0 saturated carbocycles. The second kappa shape index (κ2) is 11.2. The molecule has 4 rings (SSSR count). The quantitative estimate of drug-likeness (QED) is 0.308. The van der Waals surface area contributed by atoms with Crippen molar-refractivity contribution in [3.8, 4) is 0 Å². The van der Waals surface area contributed by atoms with Gasteiger partial charge in [0, 0.05) is 35.6 Å². The fourth-order valence-corrected chi connectivity index (χ4v) is 5.06. The van der Waals surface area contributed by atoms with Crippen LogP contribution in [0.25, 0.3) is 11.0 Å². The van der Waals surface area contributed by atoms with Gasteiger partial charge in [0.1, 0.15) is 0 Å². The van der Waals surface area contributed by atoms with Crippen molar-refractivity contribution in [2.24, 2.45) is 5.73 Å². The predicted octanol–water partition coefficient (Wildman–Crippen LogP) is 3.26. The molecule has 0 aliphatic carbocycles. The van der Waals surface area contributed by atoms with Crippen LogP contribution in [0.5, 0.6) is 0 Å². The summed E-state index contributed by atoms with van der Waals surface area (Å²) >= 11 is 3.44. The molecule has 5 N–H and O–H groups in total. The van der Waals surface area contributed by atoms with E-state index in [1.54, 1.807) is 12.1 Å². The first-order valence-corrected chi connectivity index (χ1v) is 11.9. The molecule has 0 radical (unpaired) electrons. The normalized spacial score (nSPS) is 14.4. The summed E-state index contributed by atoms with van der Waals surface area (Å²) in [6.45, 7) is 0.333. The van der Waals surface area contributed by atoms with Crippen LogP contribution < -0.4 is 22.2 Å². The lowest BCUT2D eigenvalue weighted by molar-refractivity contribution is -0.137. The van der Waals surface area contributed by atoms with Gasteiger partial charge in [-0.3, -0.25) is 23.7 Å². The van der Waals surface area contributed by atoms with Crippen LogP contribution in [0, 0.1) is 0 Å². The van der Waals surface area contributed by atoms with Gasteiger partial charge in [0.15, 0.2) is 0 Å². The van der Waals surface area contributed by atoms with Crippen LogP contribution in [0.1, 0.15) is 48.4 Å². The summed E-state index contributed by atoms with van der Waals surface area (Å²) in [6.07, 6.45) is 2.19. The molecule has 2 aromatic carbocycles. The minimum absolute atomic E-state index is 0. The lowest BCUT2D eigenvalue weighted by Gasteiger charge is -2.27. The molecule has 9 nitrogen and oxygen atoms in total.